The molecule has 0 unspecified atom stereocenters. The molecule has 4 nitrogen and oxygen atoms in total. The summed E-state index contributed by atoms with van der Waals surface area (Å²) in [5.74, 6) is 1.62. The minimum Gasteiger partial charge on any atom is -0.490 e. The van der Waals surface area contributed by atoms with Gasteiger partial charge in [0.1, 0.15) is 0 Å². The Morgan fingerprint density at radius 3 is 2.60 bits per heavy atom. The molecule has 1 rings (SSSR count). The molecule has 5 heteroatoms. The zero-order valence-electron chi connectivity index (χ0n) is 12.2. The second-order valence-electron chi connectivity index (χ2n) is 4.12. The van der Waals surface area contributed by atoms with Crippen LogP contribution < -0.4 is 9.47 Å². The minimum atomic E-state index is 0.608. The molecule has 0 saturated carbocycles. The third-order valence-electron chi connectivity index (χ3n) is 2.62. The Morgan fingerprint density at radius 2 is 1.90 bits per heavy atom. The molecule has 0 heterocycles. The topological polar surface area (TPSA) is 36.9 Å². The molecule has 0 fully saturated rings. The average Bonchev–Trinajstić information content (AvgIpc) is 2.47. The van der Waals surface area contributed by atoms with Gasteiger partial charge in [0.25, 0.3) is 0 Å². The van der Waals surface area contributed by atoms with E-state index in [0.717, 1.165) is 28.8 Å². The highest BCUT2D eigenvalue weighted by Gasteiger charge is 2.09. The zero-order valence-corrected chi connectivity index (χ0v) is 13.8. The first-order valence-electron chi connectivity index (χ1n) is 6.83. The lowest BCUT2D eigenvalue weighted by molar-refractivity contribution is 0.0642. The summed E-state index contributed by atoms with van der Waals surface area (Å²) >= 11 is 3.47. The predicted molar refractivity (Wildman–Crippen MR) is 83.0 cm³/mol. The first-order chi connectivity index (χ1) is 9.83. The van der Waals surface area contributed by atoms with Crippen molar-refractivity contribution in [2.45, 2.75) is 18.7 Å². The van der Waals surface area contributed by atoms with Gasteiger partial charge in [-0.3, -0.25) is 0 Å². The maximum absolute atomic E-state index is 5.85. The molecular weight excluding hydrogens is 324 g/mol. The number of ether oxygens (including phenoxy) is 4. The molecule has 0 aliphatic heterocycles. The largest absolute Gasteiger partial charge is 0.490 e. The van der Waals surface area contributed by atoms with Gasteiger partial charge < -0.3 is 18.9 Å². The Kier molecular flexibility index (Phi) is 9.45. The van der Waals surface area contributed by atoms with Crippen LogP contribution in [0.3, 0.4) is 0 Å². The van der Waals surface area contributed by atoms with E-state index in [4.69, 9.17) is 18.9 Å². The molecule has 114 valence electrons. The van der Waals surface area contributed by atoms with E-state index in [2.05, 4.69) is 15.9 Å². The van der Waals surface area contributed by atoms with Crippen LogP contribution in [0.4, 0.5) is 0 Å². The van der Waals surface area contributed by atoms with Crippen LogP contribution in [0, 0.1) is 0 Å². The molecule has 0 bridgehead atoms. The number of methoxy groups -OCH3 is 1. The maximum Gasteiger partial charge on any atom is 0.165 e. The Balaban J connectivity index is 2.41. The summed E-state index contributed by atoms with van der Waals surface area (Å²) in [7, 11) is 1.67. The highest BCUT2D eigenvalue weighted by atomic mass is 79.9. The van der Waals surface area contributed by atoms with Crippen LogP contribution in [0.15, 0.2) is 18.2 Å². The number of para-hydroxylation sites is 1. The van der Waals surface area contributed by atoms with Crippen LogP contribution in [-0.2, 0) is 14.8 Å². The molecule has 1 aromatic rings. The third kappa shape index (κ3) is 6.11. The molecule has 0 atom stereocenters. The summed E-state index contributed by atoms with van der Waals surface area (Å²) in [4.78, 5) is 0. The van der Waals surface area contributed by atoms with Gasteiger partial charge in [0.15, 0.2) is 11.5 Å². The van der Waals surface area contributed by atoms with E-state index in [0.29, 0.717) is 33.0 Å². The van der Waals surface area contributed by atoms with E-state index >= 15 is 0 Å². The van der Waals surface area contributed by atoms with E-state index < -0.39 is 0 Å². The van der Waals surface area contributed by atoms with Crippen molar-refractivity contribution in [2.75, 3.05) is 40.1 Å². The van der Waals surface area contributed by atoms with Gasteiger partial charge in [0.05, 0.1) is 26.4 Å². The van der Waals surface area contributed by atoms with Crippen molar-refractivity contribution < 1.29 is 18.9 Å². The van der Waals surface area contributed by atoms with Crippen molar-refractivity contribution in [1.82, 2.24) is 0 Å². The Labute approximate surface area is 129 Å². The first-order valence-corrected chi connectivity index (χ1v) is 7.95. The van der Waals surface area contributed by atoms with Crippen LogP contribution in [-0.4, -0.2) is 40.1 Å². The molecule has 0 radical (unpaired) electrons. The molecule has 0 N–H and O–H groups in total. The minimum absolute atomic E-state index is 0.608. The van der Waals surface area contributed by atoms with Gasteiger partial charge in [-0.1, -0.05) is 28.1 Å². The highest BCUT2D eigenvalue weighted by molar-refractivity contribution is 9.08. The average molecular weight is 347 g/mol. The van der Waals surface area contributed by atoms with Crippen molar-refractivity contribution in [1.29, 1.82) is 0 Å². The van der Waals surface area contributed by atoms with Gasteiger partial charge in [0, 0.05) is 31.0 Å². The molecule has 0 aliphatic carbocycles. The normalized spacial score (nSPS) is 10.6. The lowest BCUT2D eigenvalue weighted by atomic mass is 10.2. The number of hydrogen-bond donors (Lipinski definition) is 0. The van der Waals surface area contributed by atoms with Gasteiger partial charge >= 0.3 is 0 Å². The Bertz CT molecular complexity index is 371. The zero-order chi connectivity index (χ0) is 14.6. The monoisotopic (exact) mass is 346 g/mol. The maximum atomic E-state index is 5.85. The van der Waals surface area contributed by atoms with E-state index in [1.165, 1.54) is 0 Å². The van der Waals surface area contributed by atoms with Gasteiger partial charge in [-0.2, -0.15) is 0 Å². The fourth-order valence-corrected chi connectivity index (χ4v) is 2.12. The lowest BCUT2D eigenvalue weighted by Crippen LogP contribution is -2.08. The number of halogens is 1. The van der Waals surface area contributed by atoms with Gasteiger partial charge in [0.2, 0.25) is 0 Å². The van der Waals surface area contributed by atoms with E-state index in [-0.39, 0.29) is 0 Å². The van der Waals surface area contributed by atoms with Gasteiger partial charge in [-0.25, -0.2) is 0 Å². The Morgan fingerprint density at radius 1 is 1.05 bits per heavy atom. The Hall–Kier alpha value is -0.780. The summed E-state index contributed by atoms with van der Waals surface area (Å²) < 4.78 is 21.8. The van der Waals surface area contributed by atoms with E-state index in [1.54, 1.807) is 7.11 Å². The molecule has 0 aliphatic rings. The van der Waals surface area contributed by atoms with Gasteiger partial charge in [-0.05, 0) is 13.0 Å². The summed E-state index contributed by atoms with van der Waals surface area (Å²) in [6, 6.07) is 5.93. The second-order valence-corrected chi connectivity index (χ2v) is 4.68. The van der Waals surface area contributed by atoms with Gasteiger partial charge in [-0.15, -0.1) is 0 Å². The summed E-state index contributed by atoms with van der Waals surface area (Å²) in [6.07, 6.45) is 0.839. The van der Waals surface area contributed by atoms with Crippen LogP contribution in [0.2, 0.25) is 0 Å². The first kappa shape index (κ1) is 17.3. The van der Waals surface area contributed by atoms with Crippen molar-refractivity contribution in [3.8, 4) is 11.5 Å². The van der Waals surface area contributed by atoms with Crippen LogP contribution in [0.1, 0.15) is 18.9 Å². The third-order valence-corrected chi connectivity index (χ3v) is 3.22. The molecule has 0 aromatic heterocycles. The molecule has 1 aromatic carbocycles. The molecule has 0 spiro atoms. The summed E-state index contributed by atoms with van der Waals surface area (Å²) in [5.41, 5.74) is 1.09. The smallest absolute Gasteiger partial charge is 0.165 e. The predicted octanol–water partition coefficient (Wildman–Crippen LogP) is 3.41. The fraction of sp³-hybridized carbons (Fsp3) is 0.600. The summed E-state index contributed by atoms with van der Waals surface area (Å²) in [5, 5.41) is 0.744. The van der Waals surface area contributed by atoms with Crippen LogP contribution in [0.5, 0.6) is 11.5 Å². The number of rotatable bonds is 11. The molecule has 20 heavy (non-hydrogen) atoms. The quantitative estimate of drug-likeness (QED) is 0.454. The number of alkyl halides is 1. The van der Waals surface area contributed by atoms with Crippen molar-refractivity contribution in [3.05, 3.63) is 23.8 Å². The highest BCUT2D eigenvalue weighted by Crippen LogP contribution is 2.32. The van der Waals surface area contributed by atoms with E-state index in [9.17, 15) is 0 Å². The summed E-state index contributed by atoms with van der Waals surface area (Å²) in [6.45, 7) is 5.12. The number of benzene rings is 1. The van der Waals surface area contributed by atoms with Crippen LogP contribution >= 0.6 is 15.9 Å². The standard InChI is InChI=1S/C15H23BrO4/c1-3-19-14-7-4-6-13(12-16)15(14)20-9-5-8-18-11-10-17-2/h4,6-7H,3,5,8-12H2,1-2H3. The second kappa shape index (κ2) is 10.9. The molecule has 0 amide bonds. The fourth-order valence-electron chi connectivity index (χ4n) is 1.68. The molecule has 0 saturated heterocycles. The SMILES string of the molecule is CCOc1cccc(CBr)c1OCCCOCCOC. The van der Waals surface area contributed by atoms with Crippen molar-refractivity contribution in [2.24, 2.45) is 0 Å². The molecular formula is C15H23BrO4. The van der Waals surface area contributed by atoms with Crippen molar-refractivity contribution in [3.63, 3.8) is 0 Å². The number of hydrogen-bond acceptors (Lipinski definition) is 4. The lowest BCUT2D eigenvalue weighted by Gasteiger charge is -2.15. The van der Waals surface area contributed by atoms with Crippen LogP contribution in [0.25, 0.3) is 0 Å². The van der Waals surface area contributed by atoms with E-state index in [1.807, 2.05) is 25.1 Å². The van der Waals surface area contributed by atoms with Crippen molar-refractivity contribution >= 4 is 15.9 Å².